The van der Waals surface area contributed by atoms with Crippen LogP contribution in [0, 0.1) is 0 Å². The van der Waals surface area contributed by atoms with Crippen molar-refractivity contribution < 1.29 is 19.7 Å². The first kappa shape index (κ1) is 11.8. The number of aromatic nitrogens is 2. The topological polar surface area (TPSA) is 92.5 Å². The minimum Gasteiger partial charge on any atom is -0.507 e. The third-order valence-electron chi connectivity index (χ3n) is 2.42. The van der Waals surface area contributed by atoms with Crippen LogP contribution in [-0.2, 0) is 0 Å². The van der Waals surface area contributed by atoms with Gasteiger partial charge in [0.2, 0.25) is 5.88 Å². The minimum absolute atomic E-state index is 0.0324. The number of carboxylic acids is 1. The van der Waals surface area contributed by atoms with Crippen LogP contribution in [0.2, 0.25) is 0 Å². The number of phenolic OH excluding ortho intramolecular Hbond substituents is 1. The van der Waals surface area contributed by atoms with Gasteiger partial charge in [-0.05, 0) is 6.07 Å². The van der Waals surface area contributed by atoms with Crippen molar-refractivity contribution in [3.63, 3.8) is 0 Å². The van der Waals surface area contributed by atoms with Gasteiger partial charge in [-0.3, -0.25) is 0 Å². The average Bonchev–Trinajstić information content (AvgIpc) is 2.38. The summed E-state index contributed by atoms with van der Waals surface area (Å²) in [7, 11) is 1.31. The molecule has 0 spiro atoms. The van der Waals surface area contributed by atoms with Crippen LogP contribution in [0.5, 0.6) is 11.6 Å². The first-order chi connectivity index (χ1) is 8.65. The zero-order valence-corrected chi connectivity index (χ0v) is 9.49. The highest BCUT2D eigenvalue weighted by atomic mass is 16.5. The molecule has 0 radical (unpaired) electrons. The molecule has 2 N–H and O–H groups in total. The van der Waals surface area contributed by atoms with Crippen LogP contribution in [0.3, 0.4) is 0 Å². The molecule has 18 heavy (non-hydrogen) atoms. The number of hydrogen-bond donors (Lipinski definition) is 2. The molecule has 0 amide bonds. The van der Waals surface area contributed by atoms with Crippen molar-refractivity contribution >= 4 is 5.97 Å². The van der Waals surface area contributed by atoms with Gasteiger partial charge < -0.3 is 14.9 Å². The van der Waals surface area contributed by atoms with Crippen LogP contribution in [0.4, 0.5) is 0 Å². The average molecular weight is 246 g/mol. The standard InChI is InChI=1S/C12H10N2O4/c1-18-11-10(12(16)17)8(6-13-14-11)7-4-2-3-5-9(7)15/h2-6,15H,1H3,(H,16,17). The lowest BCUT2D eigenvalue weighted by molar-refractivity contribution is 0.0693. The molecule has 2 rings (SSSR count). The molecule has 0 unspecified atom stereocenters. The van der Waals surface area contributed by atoms with E-state index in [9.17, 15) is 15.0 Å². The lowest BCUT2D eigenvalue weighted by Gasteiger charge is -2.09. The second-order valence-electron chi connectivity index (χ2n) is 3.46. The molecule has 0 bridgehead atoms. The third kappa shape index (κ3) is 1.95. The molecule has 0 saturated carbocycles. The predicted molar refractivity (Wildman–Crippen MR) is 62.6 cm³/mol. The predicted octanol–water partition coefficient (Wildman–Crippen LogP) is 1.56. The number of hydrogen-bond acceptors (Lipinski definition) is 5. The highest BCUT2D eigenvalue weighted by Gasteiger charge is 2.21. The van der Waals surface area contributed by atoms with Crippen molar-refractivity contribution in [2.75, 3.05) is 7.11 Å². The molecule has 2 aromatic rings. The van der Waals surface area contributed by atoms with Gasteiger partial charge in [0.05, 0.1) is 13.3 Å². The molecule has 0 fully saturated rings. The van der Waals surface area contributed by atoms with Gasteiger partial charge in [-0.15, -0.1) is 5.10 Å². The maximum absolute atomic E-state index is 11.3. The highest BCUT2D eigenvalue weighted by Crippen LogP contribution is 2.33. The van der Waals surface area contributed by atoms with Gasteiger partial charge >= 0.3 is 5.97 Å². The normalized spacial score (nSPS) is 10.1. The van der Waals surface area contributed by atoms with Gasteiger partial charge in [-0.1, -0.05) is 18.2 Å². The van der Waals surface area contributed by atoms with Gasteiger partial charge in [0.25, 0.3) is 0 Å². The van der Waals surface area contributed by atoms with Crippen molar-refractivity contribution in [1.29, 1.82) is 0 Å². The molecule has 6 heteroatoms. The van der Waals surface area contributed by atoms with E-state index in [1.165, 1.54) is 19.4 Å². The van der Waals surface area contributed by atoms with Gasteiger partial charge in [0.1, 0.15) is 11.3 Å². The SMILES string of the molecule is COc1nncc(-c2ccccc2O)c1C(=O)O. The zero-order valence-electron chi connectivity index (χ0n) is 9.49. The van der Waals surface area contributed by atoms with Crippen LogP contribution in [-0.4, -0.2) is 33.5 Å². The highest BCUT2D eigenvalue weighted by molar-refractivity contribution is 5.98. The molecule has 0 aliphatic rings. The van der Waals surface area contributed by atoms with E-state index in [-0.39, 0.29) is 22.8 Å². The van der Waals surface area contributed by atoms with Crippen LogP contribution < -0.4 is 4.74 Å². The summed E-state index contributed by atoms with van der Waals surface area (Å²) in [5.74, 6) is -1.32. The number of carbonyl (C=O) groups is 1. The van der Waals surface area contributed by atoms with Crippen LogP contribution >= 0.6 is 0 Å². The van der Waals surface area contributed by atoms with Gasteiger partial charge in [0.15, 0.2) is 0 Å². The molecular weight excluding hydrogens is 236 g/mol. The van der Waals surface area contributed by atoms with Gasteiger partial charge in [-0.2, -0.15) is 5.10 Å². The van der Waals surface area contributed by atoms with Crippen molar-refractivity contribution in [1.82, 2.24) is 10.2 Å². The second-order valence-corrected chi connectivity index (χ2v) is 3.46. The molecule has 0 aliphatic heterocycles. The number of rotatable bonds is 3. The van der Waals surface area contributed by atoms with Crippen molar-refractivity contribution in [2.24, 2.45) is 0 Å². The number of carboxylic acid groups (broad SMARTS) is 1. The summed E-state index contributed by atoms with van der Waals surface area (Å²) < 4.78 is 4.87. The lowest BCUT2D eigenvalue weighted by Crippen LogP contribution is -2.06. The Bertz CT molecular complexity index is 598. The Labute approximate surface area is 102 Å². The minimum atomic E-state index is -1.19. The molecular formula is C12H10N2O4. The fourth-order valence-corrected chi connectivity index (χ4v) is 1.62. The summed E-state index contributed by atoms with van der Waals surface area (Å²) in [5, 5.41) is 26.2. The number of ether oxygens (including phenoxy) is 1. The Morgan fingerprint density at radius 1 is 1.28 bits per heavy atom. The van der Waals surface area contributed by atoms with E-state index in [0.717, 1.165) is 0 Å². The van der Waals surface area contributed by atoms with E-state index in [2.05, 4.69) is 10.2 Å². The molecule has 0 saturated heterocycles. The first-order valence-electron chi connectivity index (χ1n) is 5.06. The van der Waals surface area contributed by atoms with Crippen molar-refractivity contribution in [3.05, 3.63) is 36.0 Å². The Morgan fingerprint density at radius 2 is 2.00 bits per heavy atom. The molecule has 1 aromatic carbocycles. The number of para-hydroxylation sites is 1. The molecule has 0 aliphatic carbocycles. The molecule has 6 nitrogen and oxygen atoms in total. The monoisotopic (exact) mass is 246 g/mol. The summed E-state index contributed by atoms with van der Waals surface area (Å²) in [6, 6.07) is 6.39. The summed E-state index contributed by atoms with van der Waals surface area (Å²) in [4.78, 5) is 11.3. The number of phenols is 1. The Morgan fingerprint density at radius 3 is 2.61 bits per heavy atom. The maximum Gasteiger partial charge on any atom is 0.341 e. The Kier molecular flexibility index (Phi) is 3.09. The van der Waals surface area contributed by atoms with Gasteiger partial charge in [0, 0.05) is 11.1 Å². The van der Waals surface area contributed by atoms with E-state index in [4.69, 9.17) is 4.74 Å². The number of methoxy groups -OCH3 is 1. The summed E-state index contributed by atoms with van der Waals surface area (Å²) >= 11 is 0. The number of nitrogens with zero attached hydrogens (tertiary/aromatic N) is 2. The number of aromatic hydroxyl groups is 1. The molecule has 1 heterocycles. The fourth-order valence-electron chi connectivity index (χ4n) is 1.62. The molecule has 1 aromatic heterocycles. The van der Waals surface area contributed by atoms with Crippen molar-refractivity contribution in [3.8, 4) is 22.8 Å². The molecule has 92 valence electrons. The van der Waals surface area contributed by atoms with Crippen LogP contribution in [0.1, 0.15) is 10.4 Å². The van der Waals surface area contributed by atoms with E-state index in [1.807, 2.05) is 0 Å². The Balaban J connectivity index is 2.72. The Hall–Kier alpha value is -2.63. The summed E-state index contributed by atoms with van der Waals surface area (Å²) in [6.07, 6.45) is 1.28. The summed E-state index contributed by atoms with van der Waals surface area (Å²) in [5.41, 5.74) is 0.490. The summed E-state index contributed by atoms with van der Waals surface area (Å²) in [6.45, 7) is 0. The van der Waals surface area contributed by atoms with E-state index < -0.39 is 5.97 Å². The largest absolute Gasteiger partial charge is 0.507 e. The smallest absolute Gasteiger partial charge is 0.341 e. The maximum atomic E-state index is 11.3. The van der Waals surface area contributed by atoms with E-state index in [0.29, 0.717) is 5.56 Å². The van der Waals surface area contributed by atoms with Crippen molar-refractivity contribution in [2.45, 2.75) is 0 Å². The van der Waals surface area contributed by atoms with Crippen LogP contribution in [0.15, 0.2) is 30.5 Å². The molecule has 0 atom stereocenters. The quantitative estimate of drug-likeness (QED) is 0.853. The second kappa shape index (κ2) is 4.70. The fraction of sp³-hybridized carbons (Fsp3) is 0.0833. The third-order valence-corrected chi connectivity index (χ3v) is 2.42. The van der Waals surface area contributed by atoms with E-state index >= 15 is 0 Å². The first-order valence-corrected chi connectivity index (χ1v) is 5.06. The van der Waals surface area contributed by atoms with Crippen LogP contribution in [0.25, 0.3) is 11.1 Å². The lowest BCUT2D eigenvalue weighted by atomic mass is 10.0. The van der Waals surface area contributed by atoms with Gasteiger partial charge in [-0.25, -0.2) is 4.79 Å². The number of aromatic carboxylic acids is 1. The number of benzene rings is 1. The zero-order chi connectivity index (χ0) is 13.1. The van der Waals surface area contributed by atoms with E-state index in [1.54, 1.807) is 18.2 Å².